The summed E-state index contributed by atoms with van der Waals surface area (Å²) in [5.41, 5.74) is 7.70. The molecule has 1 atom stereocenters. The van der Waals surface area contributed by atoms with Crippen molar-refractivity contribution in [3.8, 4) is 11.8 Å². The number of nitrogens with zero attached hydrogens (tertiary/aromatic N) is 1. The summed E-state index contributed by atoms with van der Waals surface area (Å²) in [7, 11) is 0. The van der Waals surface area contributed by atoms with Gasteiger partial charge in [-0.3, -0.25) is 4.90 Å². The van der Waals surface area contributed by atoms with Gasteiger partial charge in [0.2, 0.25) is 0 Å². The molecule has 1 heterocycles. The van der Waals surface area contributed by atoms with Crippen LogP contribution in [0.3, 0.4) is 0 Å². The monoisotopic (exact) mass is 258 g/mol. The van der Waals surface area contributed by atoms with E-state index in [1.54, 1.807) is 0 Å². The lowest BCUT2D eigenvalue weighted by Gasteiger charge is -2.15. The molecule has 0 radical (unpaired) electrons. The molecule has 0 aromatic heterocycles. The Morgan fingerprint density at radius 1 is 1.32 bits per heavy atom. The van der Waals surface area contributed by atoms with Gasteiger partial charge in [0, 0.05) is 25.3 Å². The van der Waals surface area contributed by atoms with E-state index in [1.807, 2.05) is 0 Å². The van der Waals surface area contributed by atoms with Crippen molar-refractivity contribution in [1.82, 2.24) is 4.90 Å². The minimum Gasteiger partial charge on any atom is -0.396 e. The van der Waals surface area contributed by atoms with Crippen molar-refractivity contribution in [3.63, 3.8) is 0 Å². The summed E-state index contributed by atoms with van der Waals surface area (Å²) in [6.45, 7) is 3.95. The number of hydrogen-bond donors (Lipinski definition) is 2. The van der Waals surface area contributed by atoms with E-state index in [4.69, 9.17) is 10.8 Å². The third-order valence-corrected chi connectivity index (χ3v) is 3.60. The predicted octanol–water partition coefficient (Wildman–Crippen LogP) is 1.20. The maximum absolute atomic E-state index is 8.96. The van der Waals surface area contributed by atoms with E-state index in [2.05, 4.69) is 41.0 Å². The van der Waals surface area contributed by atoms with E-state index < -0.39 is 0 Å². The van der Waals surface area contributed by atoms with Crippen molar-refractivity contribution in [2.24, 2.45) is 11.7 Å². The van der Waals surface area contributed by atoms with Crippen molar-refractivity contribution < 1.29 is 5.11 Å². The van der Waals surface area contributed by atoms with Crippen LogP contribution in [-0.4, -0.2) is 36.2 Å². The van der Waals surface area contributed by atoms with Crippen molar-refractivity contribution in [1.29, 1.82) is 0 Å². The average molecular weight is 258 g/mol. The Hall–Kier alpha value is -1.34. The number of aliphatic hydroxyl groups excluding tert-OH is 1. The fourth-order valence-electron chi connectivity index (χ4n) is 2.58. The second-order valence-corrected chi connectivity index (χ2v) is 5.10. The maximum Gasteiger partial charge on any atom is 0.0555 e. The lowest BCUT2D eigenvalue weighted by atomic mass is 10.1. The number of rotatable bonds is 4. The average Bonchev–Trinajstić information content (AvgIpc) is 2.86. The van der Waals surface area contributed by atoms with Crippen LogP contribution in [0.1, 0.15) is 24.0 Å². The highest BCUT2D eigenvalue weighted by Crippen LogP contribution is 2.21. The van der Waals surface area contributed by atoms with Gasteiger partial charge in [-0.1, -0.05) is 24.0 Å². The first kappa shape index (κ1) is 14.1. The second kappa shape index (κ2) is 7.30. The molecule has 0 spiro atoms. The summed E-state index contributed by atoms with van der Waals surface area (Å²) in [6, 6.07) is 8.39. The van der Waals surface area contributed by atoms with Gasteiger partial charge in [0.1, 0.15) is 0 Å². The van der Waals surface area contributed by atoms with E-state index in [0.717, 1.165) is 31.6 Å². The summed E-state index contributed by atoms with van der Waals surface area (Å²) in [6.07, 6.45) is 2.14. The fraction of sp³-hybridized carbons (Fsp3) is 0.500. The van der Waals surface area contributed by atoms with Crippen molar-refractivity contribution in [2.45, 2.75) is 19.4 Å². The van der Waals surface area contributed by atoms with Gasteiger partial charge in [-0.2, -0.15) is 0 Å². The standard InChI is InChI=1S/C16H22N2O/c17-9-1-2-14-3-5-15(6-4-14)12-18-10-7-16(13-18)8-11-19/h3-6,16,19H,7-13,17H2. The number of likely N-dealkylation sites (tertiary alicyclic amines) is 1. The molecule has 3 heteroatoms. The fourth-order valence-corrected chi connectivity index (χ4v) is 2.58. The second-order valence-electron chi connectivity index (χ2n) is 5.10. The smallest absolute Gasteiger partial charge is 0.0555 e. The molecule has 0 bridgehead atoms. The van der Waals surface area contributed by atoms with Crippen LogP contribution in [0.2, 0.25) is 0 Å². The maximum atomic E-state index is 8.96. The molecular weight excluding hydrogens is 236 g/mol. The largest absolute Gasteiger partial charge is 0.396 e. The molecule has 1 aromatic rings. The minimum absolute atomic E-state index is 0.313. The highest BCUT2D eigenvalue weighted by atomic mass is 16.3. The Balaban J connectivity index is 1.86. The molecule has 3 N–H and O–H groups in total. The van der Waals surface area contributed by atoms with Crippen LogP contribution in [-0.2, 0) is 6.54 Å². The number of aliphatic hydroxyl groups is 1. The van der Waals surface area contributed by atoms with E-state index in [1.165, 1.54) is 12.0 Å². The van der Waals surface area contributed by atoms with Gasteiger partial charge < -0.3 is 10.8 Å². The Labute approximate surface area is 115 Å². The number of nitrogens with two attached hydrogens (primary N) is 1. The molecule has 1 saturated heterocycles. The van der Waals surface area contributed by atoms with Gasteiger partial charge in [-0.05, 0) is 43.0 Å². The molecule has 0 saturated carbocycles. The molecule has 1 aromatic carbocycles. The zero-order chi connectivity index (χ0) is 13.5. The van der Waals surface area contributed by atoms with E-state index >= 15 is 0 Å². The summed E-state index contributed by atoms with van der Waals surface area (Å²) in [5.74, 6) is 6.56. The van der Waals surface area contributed by atoms with Gasteiger partial charge in [0.15, 0.2) is 0 Å². The van der Waals surface area contributed by atoms with Crippen LogP contribution < -0.4 is 5.73 Å². The number of benzene rings is 1. The van der Waals surface area contributed by atoms with Crippen molar-refractivity contribution >= 4 is 0 Å². The molecule has 3 nitrogen and oxygen atoms in total. The molecule has 2 rings (SSSR count). The predicted molar refractivity (Wildman–Crippen MR) is 77.5 cm³/mol. The van der Waals surface area contributed by atoms with E-state index in [9.17, 15) is 0 Å². The third-order valence-electron chi connectivity index (χ3n) is 3.60. The lowest BCUT2D eigenvalue weighted by Crippen LogP contribution is -2.20. The van der Waals surface area contributed by atoms with Crippen LogP contribution in [0.4, 0.5) is 0 Å². The van der Waals surface area contributed by atoms with Gasteiger partial charge in [0.05, 0.1) is 6.54 Å². The first-order chi connectivity index (χ1) is 9.31. The zero-order valence-electron chi connectivity index (χ0n) is 11.3. The highest BCUT2D eigenvalue weighted by Gasteiger charge is 2.21. The molecule has 1 unspecified atom stereocenters. The van der Waals surface area contributed by atoms with Gasteiger partial charge in [-0.15, -0.1) is 0 Å². The zero-order valence-corrected chi connectivity index (χ0v) is 11.3. The van der Waals surface area contributed by atoms with Crippen LogP contribution in [0.5, 0.6) is 0 Å². The molecule has 1 aliphatic rings. The Morgan fingerprint density at radius 3 is 2.79 bits per heavy atom. The summed E-state index contributed by atoms with van der Waals surface area (Å²) >= 11 is 0. The first-order valence-corrected chi connectivity index (χ1v) is 6.93. The lowest BCUT2D eigenvalue weighted by molar-refractivity contribution is 0.249. The number of hydrogen-bond acceptors (Lipinski definition) is 3. The van der Waals surface area contributed by atoms with Gasteiger partial charge >= 0.3 is 0 Å². The molecule has 0 amide bonds. The topological polar surface area (TPSA) is 49.5 Å². The third kappa shape index (κ3) is 4.36. The van der Waals surface area contributed by atoms with Crippen LogP contribution in [0.25, 0.3) is 0 Å². The summed E-state index contributed by atoms with van der Waals surface area (Å²) in [5, 5.41) is 8.96. The Morgan fingerprint density at radius 2 is 2.11 bits per heavy atom. The van der Waals surface area contributed by atoms with Gasteiger partial charge in [0.25, 0.3) is 0 Å². The molecule has 1 aliphatic heterocycles. The quantitative estimate of drug-likeness (QED) is 0.798. The first-order valence-electron chi connectivity index (χ1n) is 6.93. The minimum atomic E-state index is 0.313. The molecular formula is C16H22N2O. The normalized spacial score (nSPS) is 19.2. The van der Waals surface area contributed by atoms with Crippen LogP contribution in [0.15, 0.2) is 24.3 Å². The Bertz CT molecular complexity index is 444. The summed E-state index contributed by atoms with van der Waals surface area (Å²) < 4.78 is 0. The van der Waals surface area contributed by atoms with Crippen molar-refractivity contribution in [3.05, 3.63) is 35.4 Å². The molecule has 19 heavy (non-hydrogen) atoms. The van der Waals surface area contributed by atoms with Crippen molar-refractivity contribution in [2.75, 3.05) is 26.2 Å². The van der Waals surface area contributed by atoms with Crippen LogP contribution >= 0.6 is 0 Å². The van der Waals surface area contributed by atoms with E-state index in [0.29, 0.717) is 19.1 Å². The highest BCUT2D eigenvalue weighted by molar-refractivity contribution is 5.36. The molecule has 102 valence electrons. The molecule has 1 fully saturated rings. The van der Waals surface area contributed by atoms with Crippen LogP contribution in [0, 0.1) is 17.8 Å². The molecule has 0 aliphatic carbocycles. The SMILES string of the molecule is NCC#Cc1ccc(CN2CCC(CCO)C2)cc1. The van der Waals surface area contributed by atoms with Gasteiger partial charge in [-0.25, -0.2) is 0 Å². The summed E-state index contributed by atoms with van der Waals surface area (Å²) in [4.78, 5) is 2.46. The van der Waals surface area contributed by atoms with E-state index in [-0.39, 0.29) is 0 Å². The Kier molecular flexibility index (Phi) is 5.41.